The van der Waals surface area contributed by atoms with Crippen LogP contribution >= 0.6 is 11.6 Å². The molecule has 1 aromatic rings. The van der Waals surface area contributed by atoms with Crippen molar-refractivity contribution in [3.63, 3.8) is 0 Å². The van der Waals surface area contributed by atoms with Gasteiger partial charge in [-0.05, 0) is 38.0 Å². The molecule has 1 saturated carbocycles. The fraction of sp³-hybridized carbons (Fsp3) is 0.438. The van der Waals surface area contributed by atoms with Crippen LogP contribution in [-0.2, 0) is 9.53 Å². The van der Waals surface area contributed by atoms with Crippen molar-refractivity contribution in [1.29, 1.82) is 0 Å². The zero-order valence-corrected chi connectivity index (χ0v) is 13.5. The fourth-order valence-corrected chi connectivity index (χ4v) is 1.99. The Morgan fingerprint density at radius 1 is 1.43 bits per heavy atom. The second-order valence-corrected chi connectivity index (χ2v) is 5.26. The number of hydrogen-bond acceptors (Lipinski definition) is 2. The third kappa shape index (κ3) is 6.51. The first kappa shape index (κ1) is 19.3. The first-order valence-corrected chi connectivity index (χ1v) is 7.22. The van der Waals surface area contributed by atoms with E-state index in [9.17, 15) is 18.0 Å². The van der Waals surface area contributed by atoms with Gasteiger partial charge in [0.25, 0.3) is 0 Å². The minimum atomic E-state index is -4.58. The molecule has 1 atom stereocenters. The number of carbonyl (C=O) groups is 1. The van der Waals surface area contributed by atoms with E-state index in [1.807, 2.05) is 6.92 Å². The van der Waals surface area contributed by atoms with Crippen LogP contribution in [0.25, 0.3) is 0 Å². The maximum atomic E-state index is 12.7. The van der Waals surface area contributed by atoms with Crippen molar-refractivity contribution in [1.82, 2.24) is 0 Å². The Hall–Kier alpha value is -1.71. The molecule has 0 heterocycles. The average Bonchev–Trinajstić information content (AvgIpc) is 3.26. The topological polar surface area (TPSA) is 38.3 Å². The summed E-state index contributed by atoms with van der Waals surface area (Å²) in [6.45, 7) is 1.90. The molecule has 0 aromatic heterocycles. The summed E-state index contributed by atoms with van der Waals surface area (Å²) in [5.74, 6) is 6.74. The number of rotatable bonds is 4. The lowest BCUT2D eigenvalue weighted by Gasteiger charge is -2.21. The average molecular weight is 348 g/mol. The summed E-state index contributed by atoms with van der Waals surface area (Å²) in [6.07, 6.45) is -3.74. The smallest absolute Gasteiger partial charge is 0.367 e. The predicted molar refractivity (Wildman–Crippen MR) is 83.1 cm³/mol. The van der Waals surface area contributed by atoms with Crippen molar-refractivity contribution in [2.24, 2.45) is 5.92 Å². The van der Waals surface area contributed by atoms with E-state index in [1.165, 1.54) is 25.0 Å². The Bertz CT molecular complexity index is 589. The lowest BCUT2D eigenvalue weighted by molar-refractivity contribution is -0.215. The van der Waals surface area contributed by atoms with Crippen LogP contribution in [0.3, 0.4) is 0 Å². The highest BCUT2D eigenvalue weighted by molar-refractivity contribution is 6.30. The van der Waals surface area contributed by atoms with Crippen molar-refractivity contribution in [3.05, 3.63) is 28.8 Å². The van der Waals surface area contributed by atoms with Gasteiger partial charge >= 0.3 is 6.18 Å². The van der Waals surface area contributed by atoms with Crippen LogP contribution in [0.5, 0.6) is 0 Å². The van der Waals surface area contributed by atoms with E-state index < -0.39 is 12.3 Å². The standard InChI is InChI=1S/C10H9ClF3NO2.C6H8/c1-17-9(10(12,13)14)7-4-6(11)2-3-8(7)15-5-16;1-2-3-6-4-5-6/h2-5,9H,1H3,(H,15,16);6H,4-5H2,1H3. The SMILES string of the molecule is CC#CC1CC1.COC(c1cc(Cl)ccc1NC=O)C(F)(F)F. The quantitative estimate of drug-likeness (QED) is 0.639. The summed E-state index contributed by atoms with van der Waals surface area (Å²) >= 11 is 5.63. The van der Waals surface area contributed by atoms with Crippen molar-refractivity contribution in [2.45, 2.75) is 32.0 Å². The van der Waals surface area contributed by atoms with E-state index in [1.54, 1.807) is 0 Å². The van der Waals surface area contributed by atoms with Crippen molar-refractivity contribution >= 4 is 23.7 Å². The molecule has 126 valence electrons. The lowest BCUT2D eigenvalue weighted by atomic mass is 10.1. The lowest BCUT2D eigenvalue weighted by Crippen LogP contribution is -2.23. The minimum Gasteiger partial charge on any atom is -0.367 e. The van der Waals surface area contributed by atoms with Gasteiger partial charge < -0.3 is 10.1 Å². The molecule has 1 aromatic carbocycles. The van der Waals surface area contributed by atoms with E-state index in [-0.39, 0.29) is 22.7 Å². The minimum absolute atomic E-state index is 0.00794. The molecule has 0 radical (unpaired) electrons. The molecule has 1 amide bonds. The van der Waals surface area contributed by atoms with Crippen molar-refractivity contribution < 1.29 is 22.7 Å². The van der Waals surface area contributed by atoms with Crippen molar-refractivity contribution in [3.8, 4) is 11.8 Å². The van der Waals surface area contributed by atoms with Gasteiger partial charge in [-0.2, -0.15) is 13.2 Å². The van der Waals surface area contributed by atoms with E-state index in [4.69, 9.17) is 11.6 Å². The van der Waals surface area contributed by atoms with Gasteiger partial charge in [0.05, 0.1) is 0 Å². The Labute approximate surface area is 138 Å². The molecule has 1 aliphatic carbocycles. The molecule has 1 aliphatic rings. The number of amides is 1. The van der Waals surface area contributed by atoms with Gasteiger partial charge in [-0.25, -0.2) is 0 Å². The van der Waals surface area contributed by atoms with Gasteiger partial charge in [0.1, 0.15) is 0 Å². The molecule has 7 heteroatoms. The van der Waals surface area contributed by atoms with Gasteiger partial charge in [-0.15, -0.1) is 11.8 Å². The summed E-state index contributed by atoms with van der Waals surface area (Å²) in [4.78, 5) is 10.3. The number of ether oxygens (including phenoxy) is 1. The Balaban J connectivity index is 0.000000366. The number of anilines is 1. The highest BCUT2D eigenvalue weighted by Gasteiger charge is 2.42. The first-order chi connectivity index (χ1) is 10.8. The molecule has 0 spiro atoms. The summed E-state index contributed by atoms with van der Waals surface area (Å²) < 4.78 is 42.4. The number of nitrogens with one attached hydrogen (secondary N) is 1. The van der Waals surface area contributed by atoms with E-state index >= 15 is 0 Å². The Kier molecular flexibility index (Phi) is 7.40. The molecule has 1 fully saturated rings. The third-order valence-electron chi connectivity index (χ3n) is 2.97. The first-order valence-electron chi connectivity index (χ1n) is 6.84. The maximum Gasteiger partial charge on any atom is 0.418 e. The Morgan fingerprint density at radius 2 is 2.09 bits per heavy atom. The molecular formula is C16H17ClF3NO2. The molecule has 2 rings (SSSR count). The van der Waals surface area contributed by atoms with Crippen LogP contribution in [0.2, 0.25) is 5.02 Å². The number of halogens is 4. The van der Waals surface area contributed by atoms with Crippen LogP contribution in [0, 0.1) is 17.8 Å². The number of carbonyl (C=O) groups excluding carboxylic acids is 1. The monoisotopic (exact) mass is 347 g/mol. The van der Waals surface area contributed by atoms with Gasteiger partial charge in [-0.3, -0.25) is 4.79 Å². The highest BCUT2D eigenvalue weighted by atomic mass is 35.5. The maximum absolute atomic E-state index is 12.7. The van der Waals surface area contributed by atoms with Crippen molar-refractivity contribution in [2.75, 3.05) is 12.4 Å². The van der Waals surface area contributed by atoms with Crippen LogP contribution in [0.4, 0.5) is 18.9 Å². The van der Waals surface area contributed by atoms with Gasteiger partial charge in [0.2, 0.25) is 6.41 Å². The number of hydrogen-bond donors (Lipinski definition) is 1. The highest BCUT2D eigenvalue weighted by Crippen LogP contribution is 2.39. The molecule has 23 heavy (non-hydrogen) atoms. The van der Waals surface area contributed by atoms with E-state index in [2.05, 4.69) is 21.9 Å². The van der Waals surface area contributed by atoms with Crippen LogP contribution in [0.1, 0.15) is 31.4 Å². The second-order valence-electron chi connectivity index (χ2n) is 4.82. The largest absolute Gasteiger partial charge is 0.418 e. The predicted octanol–water partition coefficient (Wildman–Crippen LogP) is 4.58. The molecule has 0 aliphatic heterocycles. The number of benzene rings is 1. The molecule has 1 N–H and O–H groups in total. The number of alkyl halides is 3. The summed E-state index contributed by atoms with van der Waals surface area (Å²) in [7, 11) is 0.934. The van der Waals surface area contributed by atoms with Crippen LogP contribution in [0.15, 0.2) is 18.2 Å². The molecule has 3 nitrogen and oxygen atoms in total. The normalized spacial score (nSPS) is 14.7. The molecule has 0 bridgehead atoms. The Morgan fingerprint density at radius 3 is 2.48 bits per heavy atom. The summed E-state index contributed by atoms with van der Waals surface area (Å²) in [5.41, 5.74) is -0.229. The van der Waals surface area contributed by atoms with Crippen LogP contribution < -0.4 is 5.32 Å². The van der Waals surface area contributed by atoms with E-state index in [0.717, 1.165) is 19.1 Å². The molecule has 1 unspecified atom stereocenters. The van der Waals surface area contributed by atoms with Crippen LogP contribution in [-0.4, -0.2) is 19.7 Å². The zero-order chi connectivity index (χ0) is 17.5. The number of methoxy groups -OCH3 is 1. The fourth-order valence-electron chi connectivity index (χ4n) is 1.81. The summed E-state index contributed by atoms with van der Waals surface area (Å²) in [5, 5.41) is 2.30. The zero-order valence-electron chi connectivity index (χ0n) is 12.7. The second kappa shape index (κ2) is 8.80. The third-order valence-corrected chi connectivity index (χ3v) is 3.20. The summed E-state index contributed by atoms with van der Waals surface area (Å²) in [6, 6.07) is 3.76. The van der Waals surface area contributed by atoms with Gasteiger partial charge in [-0.1, -0.05) is 11.6 Å². The molecular weight excluding hydrogens is 331 g/mol. The van der Waals surface area contributed by atoms with Gasteiger partial charge in [0.15, 0.2) is 6.10 Å². The van der Waals surface area contributed by atoms with Gasteiger partial charge in [0, 0.05) is 29.3 Å². The van der Waals surface area contributed by atoms with E-state index in [0.29, 0.717) is 0 Å². The molecule has 0 saturated heterocycles.